The largest absolute Gasteiger partial charge is 0.506 e. The molecule has 0 radical (unpaired) electrons. The van der Waals surface area contributed by atoms with Crippen LogP contribution in [0.3, 0.4) is 0 Å². The molecule has 1 aromatic carbocycles. The lowest BCUT2D eigenvalue weighted by Gasteiger charge is -2.28. The van der Waals surface area contributed by atoms with Crippen LogP contribution >= 0.6 is 11.6 Å². The molecule has 0 spiro atoms. The van der Waals surface area contributed by atoms with Gasteiger partial charge < -0.3 is 10.0 Å². The summed E-state index contributed by atoms with van der Waals surface area (Å²) >= 11 is 5.77. The van der Waals surface area contributed by atoms with Crippen molar-refractivity contribution >= 4 is 23.1 Å². The van der Waals surface area contributed by atoms with E-state index in [1.165, 1.54) is 11.0 Å². The van der Waals surface area contributed by atoms with Gasteiger partial charge in [-0.3, -0.25) is 5.41 Å². The van der Waals surface area contributed by atoms with E-state index in [1.54, 1.807) is 30.3 Å². The zero-order chi connectivity index (χ0) is 14.0. The lowest BCUT2D eigenvalue weighted by atomic mass is 10.1. The van der Waals surface area contributed by atoms with Gasteiger partial charge in [0.25, 0.3) is 6.43 Å². The topological polar surface area (TPSA) is 47.3 Å². The number of hydrogen-bond donors (Lipinski definition) is 2. The molecule has 1 aromatic rings. The number of allylic oxidation sites excluding steroid dienone is 1. The molecule has 1 aliphatic rings. The highest BCUT2D eigenvalue weighted by Gasteiger charge is 2.24. The van der Waals surface area contributed by atoms with Crippen LogP contribution < -0.4 is 4.90 Å². The molecule has 100 valence electrons. The minimum absolute atomic E-state index is 0.164. The number of anilines is 1. The predicted molar refractivity (Wildman–Crippen MR) is 71.3 cm³/mol. The van der Waals surface area contributed by atoms with Crippen molar-refractivity contribution in [1.82, 2.24) is 0 Å². The van der Waals surface area contributed by atoms with E-state index in [1.807, 2.05) is 0 Å². The van der Waals surface area contributed by atoms with Crippen LogP contribution in [0.15, 0.2) is 47.7 Å². The van der Waals surface area contributed by atoms with Crippen molar-refractivity contribution in [3.05, 3.63) is 52.8 Å². The molecule has 0 amide bonds. The van der Waals surface area contributed by atoms with E-state index in [4.69, 9.17) is 17.0 Å². The Morgan fingerprint density at radius 2 is 1.95 bits per heavy atom. The molecule has 0 fully saturated rings. The van der Waals surface area contributed by atoms with Gasteiger partial charge in [-0.2, -0.15) is 0 Å². The summed E-state index contributed by atoms with van der Waals surface area (Å²) in [5.74, 6) is -1.25. The third kappa shape index (κ3) is 2.76. The van der Waals surface area contributed by atoms with Crippen molar-refractivity contribution in [2.24, 2.45) is 0 Å². The first kappa shape index (κ1) is 13.5. The number of alkyl halides is 2. The molecule has 1 heterocycles. The number of amidine groups is 1. The van der Waals surface area contributed by atoms with E-state index in [9.17, 15) is 13.9 Å². The highest BCUT2D eigenvalue weighted by atomic mass is 35.5. The molecule has 0 aromatic heterocycles. The maximum atomic E-state index is 12.5. The molecule has 0 atom stereocenters. The number of aliphatic hydroxyl groups excluding tert-OH is 1. The second-order valence-electron chi connectivity index (χ2n) is 3.94. The highest BCUT2D eigenvalue weighted by Crippen LogP contribution is 2.24. The highest BCUT2D eigenvalue weighted by molar-refractivity contribution is 6.30. The van der Waals surface area contributed by atoms with Crippen molar-refractivity contribution in [3.63, 3.8) is 0 Å². The van der Waals surface area contributed by atoms with Crippen molar-refractivity contribution in [2.45, 2.75) is 6.43 Å². The molecule has 3 nitrogen and oxygen atoms in total. The zero-order valence-electron chi connectivity index (χ0n) is 9.78. The molecule has 0 saturated carbocycles. The minimum Gasteiger partial charge on any atom is -0.506 e. The second-order valence-corrected chi connectivity index (χ2v) is 4.37. The summed E-state index contributed by atoms with van der Waals surface area (Å²) in [7, 11) is 0. The van der Waals surface area contributed by atoms with Crippen LogP contribution in [0, 0.1) is 5.41 Å². The van der Waals surface area contributed by atoms with Gasteiger partial charge in [-0.1, -0.05) is 17.7 Å². The zero-order valence-corrected chi connectivity index (χ0v) is 10.5. The fraction of sp³-hybridized carbons (Fsp3) is 0.154. The Balaban J connectivity index is 2.36. The number of nitrogens with one attached hydrogen (secondary N) is 1. The molecule has 0 unspecified atom stereocenters. The Bertz CT molecular complexity index is 552. The number of hydrogen-bond acceptors (Lipinski definition) is 2. The molecular formula is C13H11ClF2N2O. The number of nitrogens with zero attached hydrogens (tertiary/aromatic N) is 1. The first-order chi connectivity index (χ1) is 9.00. The van der Waals surface area contributed by atoms with Crippen molar-refractivity contribution < 1.29 is 13.9 Å². The summed E-state index contributed by atoms with van der Waals surface area (Å²) in [6.45, 7) is 0.375. The molecule has 0 aliphatic carbocycles. The van der Waals surface area contributed by atoms with E-state index < -0.39 is 12.2 Å². The fourth-order valence-electron chi connectivity index (χ4n) is 1.77. The smallest absolute Gasteiger partial charge is 0.295 e. The normalized spacial score (nSPS) is 18.1. The van der Waals surface area contributed by atoms with Gasteiger partial charge in [-0.05, 0) is 30.3 Å². The number of aliphatic hydroxyl groups is 1. The minimum atomic E-state index is -3.00. The Kier molecular flexibility index (Phi) is 3.85. The monoisotopic (exact) mass is 284 g/mol. The van der Waals surface area contributed by atoms with Crippen LogP contribution in [-0.2, 0) is 0 Å². The van der Waals surface area contributed by atoms with Crippen molar-refractivity contribution in [2.75, 3.05) is 11.4 Å². The summed E-state index contributed by atoms with van der Waals surface area (Å²) in [6, 6.07) is 6.68. The van der Waals surface area contributed by atoms with Crippen LogP contribution in [0.1, 0.15) is 0 Å². The third-order valence-corrected chi connectivity index (χ3v) is 2.97. The molecule has 19 heavy (non-hydrogen) atoms. The number of benzene rings is 1. The Labute approximate surface area is 113 Å². The summed E-state index contributed by atoms with van der Waals surface area (Å²) < 4.78 is 25.0. The van der Waals surface area contributed by atoms with E-state index in [0.29, 0.717) is 17.3 Å². The van der Waals surface area contributed by atoms with Gasteiger partial charge in [-0.25, -0.2) is 8.78 Å². The van der Waals surface area contributed by atoms with Gasteiger partial charge >= 0.3 is 0 Å². The van der Waals surface area contributed by atoms with Crippen LogP contribution in [-0.4, -0.2) is 23.9 Å². The van der Waals surface area contributed by atoms with Crippen molar-refractivity contribution in [3.8, 4) is 0 Å². The van der Waals surface area contributed by atoms with E-state index in [-0.39, 0.29) is 11.4 Å². The van der Waals surface area contributed by atoms with Crippen LogP contribution in [0.25, 0.3) is 0 Å². The summed E-state index contributed by atoms with van der Waals surface area (Å²) in [6.07, 6.45) is -0.0539. The third-order valence-electron chi connectivity index (χ3n) is 2.72. The van der Waals surface area contributed by atoms with E-state index in [2.05, 4.69) is 0 Å². The molecule has 6 heteroatoms. The number of rotatable bonds is 2. The Morgan fingerprint density at radius 1 is 1.32 bits per heavy atom. The molecular weight excluding hydrogens is 274 g/mol. The van der Waals surface area contributed by atoms with E-state index >= 15 is 0 Å². The number of halogens is 3. The van der Waals surface area contributed by atoms with Gasteiger partial charge in [-0.15, -0.1) is 0 Å². The first-order valence-electron chi connectivity index (χ1n) is 5.50. The van der Waals surface area contributed by atoms with Gasteiger partial charge in [0.1, 0.15) is 5.84 Å². The molecule has 0 bridgehead atoms. The lowest BCUT2D eigenvalue weighted by molar-refractivity contribution is 0.128. The van der Waals surface area contributed by atoms with Gasteiger partial charge in [0.05, 0.1) is 5.57 Å². The predicted octanol–water partition coefficient (Wildman–Crippen LogP) is 3.77. The van der Waals surface area contributed by atoms with Crippen LogP contribution in [0.5, 0.6) is 0 Å². The van der Waals surface area contributed by atoms with E-state index in [0.717, 1.165) is 0 Å². The SMILES string of the molecule is N=C1C(=C(O)C(F)F)C=CCN1c1ccc(Cl)cc1. The van der Waals surface area contributed by atoms with Crippen LogP contribution in [0.4, 0.5) is 14.5 Å². The Morgan fingerprint density at radius 3 is 2.53 bits per heavy atom. The second kappa shape index (κ2) is 5.40. The van der Waals surface area contributed by atoms with Gasteiger partial charge in [0.15, 0.2) is 5.76 Å². The molecule has 0 saturated heterocycles. The lowest BCUT2D eigenvalue weighted by Crippen LogP contribution is -2.35. The molecule has 2 rings (SSSR count). The maximum Gasteiger partial charge on any atom is 0.295 e. The molecule has 2 N–H and O–H groups in total. The summed E-state index contributed by atoms with van der Waals surface area (Å²) in [5, 5.41) is 17.8. The maximum absolute atomic E-state index is 12.5. The quantitative estimate of drug-likeness (QED) is 0.812. The standard InChI is InChI=1S/C13H11ClF2N2O/c14-8-3-5-9(6-4-8)18-7-1-2-10(13(18)17)11(19)12(15)16/h1-6,12,17,19H,7H2. The average molecular weight is 285 g/mol. The van der Waals surface area contributed by atoms with Crippen molar-refractivity contribution in [1.29, 1.82) is 5.41 Å². The first-order valence-corrected chi connectivity index (χ1v) is 5.88. The van der Waals surface area contributed by atoms with Gasteiger partial charge in [0.2, 0.25) is 0 Å². The fourth-order valence-corrected chi connectivity index (χ4v) is 1.90. The summed E-state index contributed by atoms with van der Waals surface area (Å²) in [5.41, 5.74) is 0.481. The summed E-state index contributed by atoms with van der Waals surface area (Å²) in [4.78, 5) is 1.50. The average Bonchev–Trinajstić information content (AvgIpc) is 2.39. The molecule has 1 aliphatic heterocycles. The van der Waals surface area contributed by atoms with Crippen LogP contribution in [0.2, 0.25) is 5.02 Å². The van der Waals surface area contributed by atoms with Gasteiger partial charge in [0, 0.05) is 17.3 Å². The Hall–Kier alpha value is -1.88.